The number of benzene rings is 2. The Hall–Kier alpha value is -3.21. The van der Waals surface area contributed by atoms with Gasteiger partial charge < -0.3 is 19.4 Å². The van der Waals surface area contributed by atoms with Crippen molar-refractivity contribution in [1.29, 1.82) is 0 Å². The number of nitrogens with zero attached hydrogens (tertiary/aromatic N) is 1. The molecule has 1 amide bonds. The van der Waals surface area contributed by atoms with Crippen LogP contribution in [-0.4, -0.2) is 17.4 Å². The van der Waals surface area contributed by atoms with Gasteiger partial charge in [-0.25, -0.2) is 0 Å². The number of carbonyl (C=O) groups is 1. The van der Waals surface area contributed by atoms with Gasteiger partial charge in [0.15, 0.2) is 0 Å². The van der Waals surface area contributed by atoms with Crippen molar-refractivity contribution in [2.75, 3.05) is 11.9 Å². The number of furan rings is 1. The Kier molecular flexibility index (Phi) is 4.82. The molecule has 0 radical (unpaired) electrons. The maximum absolute atomic E-state index is 13.4. The Morgan fingerprint density at radius 1 is 1.11 bits per heavy atom. The van der Waals surface area contributed by atoms with Crippen LogP contribution in [0.5, 0.6) is 5.75 Å². The summed E-state index contributed by atoms with van der Waals surface area (Å²) in [6.45, 7) is 5.12. The number of ether oxygens (including phenoxy) is 1. The summed E-state index contributed by atoms with van der Waals surface area (Å²) in [5, 5.41) is 3.57. The Bertz CT molecular complexity index is 967. The van der Waals surface area contributed by atoms with E-state index < -0.39 is 5.66 Å². The van der Waals surface area contributed by atoms with Crippen molar-refractivity contribution in [3.8, 4) is 5.75 Å². The number of rotatable bonds is 6. The third-order valence-electron chi connectivity index (χ3n) is 5.08. The van der Waals surface area contributed by atoms with E-state index in [-0.39, 0.29) is 5.91 Å². The van der Waals surface area contributed by atoms with Crippen LogP contribution in [0.15, 0.2) is 71.3 Å². The molecular formula is C23H24N2O3. The highest BCUT2D eigenvalue weighted by atomic mass is 16.5. The first-order valence-electron chi connectivity index (χ1n) is 9.56. The van der Waals surface area contributed by atoms with E-state index in [2.05, 4.69) is 12.2 Å². The molecule has 5 nitrogen and oxygen atoms in total. The first-order valence-corrected chi connectivity index (χ1v) is 9.56. The lowest BCUT2D eigenvalue weighted by molar-refractivity contribution is 0.0486. The largest absolute Gasteiger partial charge is 0.494 e. The number of hydrogen-bond donors (Lipinski definition) is 1. The van der Waals surface area contributed by atoms with Gasteiger partial charge in [-0.15, -0.1) is 0 Å². The summed E-state index contributed by atoms with van der Waals surface area (Å²) in [6.07, 6.45) is 2.57. The number of anilines is 1. The second kappa shape index (κ2) is 7.43. The van der Waals surface area contributed by atoms with E-state index >= 15 is 0 Å². The summed E-state index contributed by atoms with van der Waals surface area (Å²) in [6, 6.07) is 19.2. The SMILES string of the molecule is CCCOc1cccc(C2(C)Nc3ccccc3C(=O)N2Cc2ccco2)c1. The quantitative estimate of drug-likeness (QED) is 0.657. The molecule has 0 bridgehead atoms. The summed E-state index contributed by atoms with van der Waals surface area (Å²) in [4.78, 5) is 15.2. The predicted molar refractivity (Wildman–Crippen MR) is 108 cm³/mol. The van der Waals surface area contributed by atoms with Crippen LogP contribution in [0.25, 0.3) is 0 Å². The van der Waals surface area contributed by atoms with Crippen LogP contribution in [0.1, 0.15) is 41.9 Å². The van der Waals surface area contributed by atoms with Gasteiger partial charge in [-0.2, -0.15) is 0 Å². The number of hydrogen-bond acceptors (Lipinski definition) is 4. The minimum absolute atomic E-state index is 0.0341. The topological polar surface area (TPSA) is 54.7 Å². The van der Waals surface area contributed by atoms with E-state index in [1.807, 2.05) is 72.5 Å². The van der Waals surface area contributed by atoms with Crippen molar-refractivity contribution in [3.05, 3.63) is 83.8 Å². The maximum atomic E-state index is 13.4. The molecule has 1 aromatic heterocycles. The van der Waals surface area contributed by atoms with Gasteiger partial charge in [0.2, 0.25) is 0 Å². The number of para-hydroxylation sites is 1. The van der Waals surface area contributed by atoms with Gasteiger partial charge in [0, 0.05) is 11.3 Å². The Balaban J connectivity index is 1.78. The smallest absolute Gasteiger partial charge is 0.258 e. The van der Waals surface area contributed by atoms with Crippen LogP contribution in [0.2, 0.25) is 0 Å². The molecule has 1 N–H and O–H groups in total. The number of nitrogens with one attached hydrogen (secondary N) is 1. The van der Waals surface area contributed by atoms with Gasteiger partial charge in [-0.05, 0) is 49.7 Å². The Morgan fingerprint density at radius 3 is 2.75 bits per heavy atom. The molecule has 1 aliphatic heterocycles. The van der Waals surface area contributed by atoms with Crippen molar-refractivity contribution in [3.63, 3.8) is 0 Å². The van der Waals surface area contributed by atoms with Crippen molar-refractivity contribution in [2.24, 2.45) is 0 Å². The van der Waals surface area contributed by atoms with Gasteiger partial charge in [0.25, 0.3) is 5.91 Å². The van der Waals surface area contributed by atoms with Crippen LogP contribution in [0.3, 0.4) is 0 Å². The molecule has 144 valence electrons. The highest BCUT2D eigenvalue weighted by Gasteiger charge is 2.43. The fourth-order valence-electron chi connectivity index (χ4n) is 3.58. The zero-order valence-corrected chi connectivity index (χ0v) is 16.1. The molecule has 1 atom stereocenters. The molecule has 28 heavy (non-hydrogen) atoms. The zero-order chi connectivity index (χ0) is 19.6. The van der Waals surface area contributed by atoms with Crippen molar-refractivity contribution in [2.45, 2.75) is 32.5 Å². The number of amides is 1. The summed E-state index contributed by atoms with van der Waals surface area (Å²) < 4.78 is 11.4. The third-order valence-corrected chi connectivity index (χ3v) is 5.08. The van der Waals surface area contributed by atoms with Crippen molar-refractivity contribution >= 4 is 11.6 Å². The van der Waals surface area contributed by atoms with Gasteiger partial charge in [0.05, 0.1) is 25.0 Å². The maximum Gasteiger partial charge on any atom is 0.258 e. The average Bonchev–Trinajstić information content (AvgIpc) is 3.23. The molecule has 0 aliphatic carbocycles. The minimum atomic E-state index is -0.746. The molecule has 2 aromatic carbocycles. The molecule has 1 aliphatic rings. The normalized spacial score (nSPS) is 18.5. The second-order valence-corrected chi connectivity index (χ2v) is 7.09. The third kappa shape index (κ3) is 3.24. The minimum Gasteiger partial charge on any atom is -0.494 e. The predicted octanol–water partition coefficient (Wildman–Crippen LogP) is 5.01. The van der Waals surface area contributed by atoms with E-state index in [0.29, 0.717) is 18.7 Å². The molecule has 0 fully saturated rings. The number of carbonyl (C=O) groups excluding carboxylic acids is 1. The van der Waals surface area contributed by atoms with E-state index in [9.17, 15) is 4.79 Å². The molecule has 0 saturated heterocycles. The summed E-state index contributed by atoms with van der Waals surface area (Å²) >= 11 is 0. The monoisotopic (exact) mass is 376 g/mol. The van der Waals surface area contributed by atoms with Gasteiger partial charge in [-0.3, -0.25) is 4.79 Å². The van der Waals surface area contributed by atoms with Crippen LogP contribution in [0.4, 0.5) is 5.69 Å². The van der Waals surface area contributed by atoms with E-state index in [0.717, 1.165) is 29.2 Å². The number of fused-ring (bicyclic) bond motifs is 1. The lowest BCUT2D eigenvalue weighted by Crippen LogP contribution is -2.55. The van der Waals surface area contributed by atoms with Crippen LogP contribution < -0.4 is 10.1 Å². The van der Waals surface area contributed by atoms with E-state index in [1.54, 1.807) is 6.26 Å². The fourth-order valence-corrected chi connectivity index (χ4v) is 3.58. The molecule has 0 spiro atoms. The summed E-state index contributed by atoms with van der Waals surface area (Å²) in [5.74, 6) is 1.50. The fraction of sp³-hybridized carbons (Fsp3) is 0.261. The molecule has 3 aromatic rings. The Morgan fingerprint density at radius 2 is 1.96 bits per heavy atom. The molecule has 4 rings (SSSR count). The molecular weight excluding hydrogens is 352 g/mol. The van der Waals surface area contributed by atoms with Crippen molar-refractivity contribution in [1.82, 2.24) is 4.90 Å². The van der Waals surface area contributed by atoms with Crippen LogP contribution in [0, 0.1) is 0 Å². The lowest BCUT2D eigenvalue weighted by Gasteiger charge is -2.46. The Labute approximate surface area is 164 Å². The second-order valence-electron chi connectivity index (χ2n) is 7.09. The van der Waals surface area contributed by atoms with Gasteiger partial charge in [-0.1, -0.05) is 31.2 Å². The van der Waals surface area contributed by atoms with E-state index in [1.165, 1.54) is 0 Å². The zero-order valence-electron chi connectivity index (χ0n) is 16.1. The van der Waals surface area contributed by atoms with Gasteiger partial charge in [0.1, 0.15) is 17.2 Å². The molecule has 5 heteroatoms. The van der Waals surface area contributed by atoms with Crippen LogP contribution >= 0.6 is 0 Å². The lowest BCUT2D eigenvalue weighted by atomic mass is 9.93. The first-order chi connectivity index (χ1) is 13.6. The first kappa shape index (κ1) is 18.2. The molecule has 0 saturated carbocycles. The highest BCUT2D eigenvalue weighted by molar-refractivity contribution is 6.02. The standard InChI is InChI=1S/C23H24N2O3/c1-3-13-27-18-9-6-8-17(15-18)23(2)24-21-12-5-4-11-20(21)22(26)25(23)16-19-10-7-14-28-19/h4-12,14-15,24H,3,13,16H2,1-2H3. The molecule has 1 unspecified atom stereocenters. The van der Waals surface area contributed by atoms with Crippen molar-refractivity contribution < 1.29 is 13.9 Å². The highest BCUT2D eigenvalue weighted by Crippen LogP contribution is 2.39. The molecule has 2 heterocycles. The summed E-state index contributed by atoms with van der Waals surface area (Å²) in [5.41, 5.74) is 1.69. The van der Waals surface area contributed by atoms with Gasteiger partial charge >= 0.3 is 0 Å². The van der Waals surface area contributed by atoms with Crippen LogP contribution in [-0.2, 0) is 12.2 Å². The average molecular weight is 376 g/mol. The van der Waals surface area contributed by atoms with E-state index in [4.69, 9.17) is 9.15 Å². The summed E-state index contributed by atoms with van der Waals surface area (Å²) in [7, 11) is 0.